The molecule has 1 aliphatic rings. The summed E-state index contributed by atoms with van der Waals surface area (Å²) in [4.78, 5) is 35.9. The molecule has 154 valence electrons. The lowest BCUT2D eigenvalue weighted by Crippen LogP contribution is -2.39. The molecular weight excluding hydrogens is 397 g/mol. The van der Waals surface area contributed by atoms with Crippen LogP contribution in [0.15, 0.2) is 30.6 Å². The van der Waals surface area contributed by atoms with Gasteiger partial charge in [-0.25, -0.2) is 14.4 Å². The van der Waals surface area contributed by atoms with Crippen molar-refractivity contribution in [2.24, 2.45) is 0 Å². The number of hydrogen-bond acceptors (Lipinski definition) is 5. The highest BCUT2D eigenvalue weighted by molar-refractivity contribution is 6.30. The molecule has 1 saturated heterocycles. The lowest BCUT2D eigenvalue weighted by atomic mass is 10.1. The number of hydrogen-bond donors (Lipinski definition) is 1. The summed E-state index contributed by atoms with van der Waals surface area (Å²) in [5.74, 6) is -0.315. The Morgan fingerprint density at radius 1 is 1.34 bits per heavy atom. The number of carbonyl (C=O) groups excluding carboxylic acids is 2. The van der Waals surface area contributed by atoms with Gasteiger partial charge in [-0.05, 0) is 25.5 Å². The van der Waals surface area contributed by atoms with Gasteiger partial charge in [-0.2, -0.15) is 0 Å². The van der Waals surface area contributed by atoms with Crippen LogP contribution in [0.2, 0.25) is 5.02 Å². The predicted octanol–water partition coefficient (Wildman–Crippen LogP) is 3.14. The molecule has 1 aliphatic heterocycles. The molecule has 1 aromatic heterocycles. The lowest BCUT2D eigenvalue weighted by Gasteiger charge is -2.23. The Morgan fingerprint density at radius 3 is 2.66 bits per heavy atom. The minimum atomic E-state index is -0.414. The van der Waals surface area contributed by atoms with E-state index in [1.807, 2.05) is 0 Å². The number of halogens is 2. The number of likely N-dealkylation sites (N-methyl/N-ethyl adjacent to an activating group) is 1. The van der Waals surface area contributed by atoms with Crippen LogP contribution in [0.1, 0.15) is 42.2 Å². The molecule has 1 fully saturated rings. The van der Waals surface area contributed by atoms with E-state index in [0.717, 1.165) is 6.42 Å². The van der Waals surface area contributed by atoms with Crippen molar-refractivity contribution in [3.05, 3.63) is 52.6 Å². The van der Waals surface area contributed by atoms with Crippen LogP contribution in [0.4, 0.5) is 10.3 Å². The third kappa shape index (κ3) is 4.82. The topological polar surface area (TPSA) is 78.4 Å². The second-order valence-electron chi connectivity index (χ2n) is 7.15. The van der Waals surface area contributed by atoms with Crippen molar-refractivity contribution in [2.75, 3.05) is 25.5 Å². The number of nitrogens with one attached hydrogen (secondary N) is 1. The van der Waals surface area contributed by atoms with E-state index in [1.54, 1.807) is 35.9 Å². The molecule has 1 N–H and O–H groups in total. The number of nitrogens with zero attached hydrogens (tertiary/aromatic N) is 4. The average molecular weight is 420 g/mol. The Labute approximate surface area is 173 Å². The van der Waals surface area contributed by atoms with Crippen molar-refractivity contribution < 1.29 is 14.0 Å². The molecule has 0 radical (unpaired) electrons. The monoisotopic (exact) mass is 419 g/mol. The van der Waals surface area contributed by atoms with Crippen LogP contribution in [-0.2, 0) is 4.79 Å². The van der Waals surface area contributed by atoms with Gasteiger partial charge in [0.2, 0.25) is 11.9 Å². The fourth-order valence-corrected chi connectivity index (χ4v) is 3.48. The summed E-state index contributed by atoms with van der Waals surface area (Å²) in [6, 6.07) is 4.12. The van der Waals surface area contributed by atoms with E-state index in [9.17, 15) is 14.0 Å². The van der Waals surface area contributed by atoms with Crippen molar-refractivity contribution in [2.45, 2.75) is 32.4 Å². The number of aromatic nitrogens is 2. The number of carbonyl (C=O) groups is 2. The van der Waals surface area contributed by atoms with Crippen LogP contribution >= 0.6 is 11.6 Å². The van der Waals surface area contributed by atoms with Crippen LogP contribution in [0.3, 0.4) is 0 Å². The molecule has 29 heavy (non-hydrogen) atoms. The first kappa shape index (κ1) is 21.0. The third-order valence-electron chi connectivity index (χ3n) is 5.17. The highest BCUT2D eigenvalue weighted by atomic mass is 35.5. The molecule has 0 bridgehead atoms. The van der Waals surface area contributed by atoms with E-state index in [1.165, 1.54) is 25.4 Å². The van der Waals surface area contributed by atoms with Gasteiger partial charge in [0.15, 0.2) is 0 Å². The molecule has 2 amide bonds. The Morgan fingerprint density at radius 2 is 2.03 bits per heavy atom. The highest BCUT2D eigenvalue weighted by Gasteiger charge is 2.30. The maximum Gasteiger partial charge on any atom is 0.257 e. The molecule has 0 saturated carbocycles. The molecule has 1 aromatic carbocycles. The molecule has 0 aliphatic carbocycles. The SMILES string of the molecule is CC(=O)N(C)[C@H]1CCN(C(=O)c2cnc(N[C@H](C)c3ccc(Cl)cc3F)nc2)C1. The zero-order chi connectivity index (χ0) is 21.1. The van der Waals surface area contributed by atoms with Crippen LogP contribution in [0.5, 0.6) is 0 Å². The normalized spacial score (nSPS) is 17.1. The molecule has 0 spiro atoms. The zero-order valence-electron chi connectivity index (χ0n) is 16.5. The van der Waals surface area contributed by atoms with Gasteiger partial charge in [0, 0.05) is 50.0 Å². The second kappa shape index (κ2) is 8.73. The van der Waals surface area contributed by atoms with E-state index in [2.05, 4.69) is 15.3 Å². The van der Waals surface area contributed by atoms with Crippen LogP contribution in [0, 0.1) is 5.82 Å². The standard InChI is InChI=1S/C20H23ClFN5O2/c1-12(17-5-4-15(21)8-18(17)22)25-20-23-9-14(10-24-20)19(29)27-7-6-16(11-27)26(3)13(2)28/h4-5,8-10,12,16H,6-7,11H2,1-3H3,(H,23,24,25)/t12-,16+/m1/s1. The van der Waals surface area contributed by atoms with Crippen LogP contribution in [-0.4, -0.2) is 57.8 Å². The quantitative estimate of drug-likeness (QED) is 0.805. The van der Waals surface area contributed by atoms with Crippen molar-refractivity contribution in [3.8, 4) is 0 Å². The smallest absolute Gasteiger partial charge is 0.257 e. The molecule has 9 heteroatoms. The van der Waals surface area contributed by atoms with Crippen molar-refractivity contribution in [1.82, 2.24) is 19.8 Å². The number of amides is 2. The molecule has 2 heterocycles. The van der Waals surface area contributed by atoms with Gasteiger partial charge in [0.05, 0.1) is 17.6 Å². The van der Waals surface area contributed by atoms with Gasteiger partial charge >= 0.3 is 0 Å². The highest BCUT2D eigenvalue weighted by Crippen LogP contribution is 2.23. The van der Waals surface area contributed by atoms with Gasteiger partial charge in [-0.15, -0.1) is 0 Å². The predicted molar refractivity (Wildman–Crippen MR) is 108 cm³/mol. The van der Waals surface area contributed by atoms with Crippen LogP contribution in [0.25, 0.3) is 0 Å². The number of anilines is 1. The zero-order valence-corrected chi connectivity index (χ0v) is 17.3. The van der Waals surface area contributed by atoms with Crippen LogP contribution < -0.4 is 5.32 Å². The minimum absolute atomic E-state index is 0.0192. The van der Waals surface area contributed by atoms with Gasteiger partial charge in [0.1, 0.15) is 5.82 Å². The van der Waals surface area contributed by atoms with Gasteiger partial charge < -0.3 is 15.1 Å². The van der Waals surface area contributed by atoms with Crippen molar-refractivity contribution in [1.29, 1.82) is 0 Å². The lowest BCUT2D eigenvalue weighted by molar-refractivity contribution is -0.129. The fraction of sp³-hybridized carbons (Fsp3) is 0.400. The summed E-state index contributed by atoms with van der Waals surface area (Å²) in [5.41, 5.74) is 0.808. The molecule has 7 nitrogen and oxygen atoms in total. The fourth-order valence-electron chi connectivity index (χ4n) is 3.32. The van der Waals surface area contributed by atoms with E-state index in [0.29, 0.717) is 35.2 Å². The third-order valence-corrected chi connectivity index (χ3v) is 5.40. The Bertz CT molecular complexity index is 908. The Hall–Kier alpha value is -2.74. The number of benzene rings is 1. The van der Waals surface area contributed by atoms with Gasteiger partial charge in [0.25, 0.3) is 5.91 Å². The van der Waals surface area contributed by atoms with Crippen molar-refractivity contribution in [3.63, 3.8) is 0 Å². The minimum Gasteiger partial charge on any atom is -0.348 e. The van der Waals surface area contributed by atoms with Crippen molar-refractivity contribution >= 4 is 29.4 Å². The maximum absolute atomic E-state index is 14.0. The maximum atomic E-state index is 14.0. The number of likely N-dealkylation sites (tertiary alicyclic amines) is 1. The summed E-state index contributed by atoms with van der Waals surface area (Å²) in [5, 5.41) is 3.34. The second-order valence-corrected chi connectivity index (χ2v) is 7.59. The first-order valence-electron chi connectivity index (χ1n) is 9.32. The van der Waals surface area contributed by atoms with E-state index >= 15 is 0 Å². The summed E-state index contributed by atoms with van der Waals surface area (Å²) in [6.45, 7) is 4.36. The average Bonchev–Trinajstić information content (AvgIpc) is 3.17. The summed E-state index contributed by atoms with van der Waals surface area (Å²) < 4.78 is 14.0. The van der Waals surface area contributed by atoms with Gasteiger partial charge in [-0.1, -0.05) is 17.7 Å². The molecule has 3 rings (SSSR count). The molecular formula is C20H23ClFN5O2. The molecule has 2 atom stereocenters. The summed E-state index contributed by atoms with van der Waals surface area (Å²) >= 11 is 5.78. The largest absolute Gasteiger partial charge is 0.348 e. The first-order valence-corrected chi connectivity index (χ1v) is 9.70. The van der Waals surface area contributed by atoms with E-state index in [4.69, 9.17) is 11.6 Å². The molecule has 2 aromatic rings. The van der Waals surface area contributed by atoms with E-state index < -0.39 is 5.82 Å². The summed E-state index contributed by atoms with van der Waals surface area (Å²) in [6.07, 6.45) is 3.64. The summed E-state index contributed by atoms with van der Waals surface area (Å²) in [7, 11) is 1.75. The van der Waals surface area contributed by atoms with E-state index in [-0.39, 0.29) is 23.9 Å². The first-order chi connectivity index (χ1) is 13.8. The van der Waals surface area contributed by atoms with Gasteiger partial charge in [-0.3, -0.25) is 9.59 Å². The molecule has 0 unspecified atom stereocenters. The Balaban J connectivity index is 1.62. The Kier molecular flexibility index (Phi) is 6.32. The number of rotatable bonds is 5.